The van der Waals surface area contributed by atoms with E-state index in [0.717, 1.165) is 31.0 Å². The summed E-state index contributed by atoms with van der Waals surface area (Å²) in [5, 5.41) is 0. The molecule has 2 aliphatic rings. The van der Waals surface area contributed by atoms with Crippen LogP contribution in [0.1, 0.15) is 12.1 Å². The van der Waals surface area contributed by atoms with E-state index in [-0.39, 0.29) is 10.9 Å². The van der Waals surface area contributed by atoms with Crippen LogP contribution in [-0.2, 0) is 11.3 Å². The van der Waals surface area contributed by atoms with Gasteiger partial charge in [0, 0.05) is 25.0 Å². The third kappa shape index (κ3) is 3.16. The minimum Gasteiger partial charge on any atom is -0.371 e. The number of hydrogen-bond donors (Lipinski definition) is 0. The van der Waals surface area contributed by atoms with Gasteiger partial charge in [-0.15, -0.1) is 11.8 Å². The SMILES string of the molecule is Fc1cnc(N2CC3(C[C@H](OCc4ccccn4)CS3)C2)nc1. The van der Waals surface area contributed by atoms with E-state index in [1.54, 1.807) is 6.20 Å². The molecule has 0 aromatic carbocycles. The molecule has 2 fully saturated rings. The summed E-state index contributed by atoms with van der Waals surface area (Å²) < 4.78 is 19.1. The van der Waals surface area contributed by atoms with Gasteiger partial charge in [0.15, 0.2) is 5.82 Å². The van der Waals surface area contributed by atoms with Gasteiger partial charge in [-0.1, -0.05) is 6.07 Å². The Kier molecular flexibility index (Phi) is 3.90. The summed E-state index contributed by atoms with van der Waals surface area (Å²) in [7, 11) is 0. The van der Waals surface area contributed by atoms with E-state index < -0.39 is 5.82 Å². The van der Waals surface area contributed by atoms with E-state index in [1.165, 1.54) is 12.4 Å². The van der Waals surface area contributed by atoms with Crippen molar-refractivity contribution >= 4 is 17.7 Å². The number of rotatable bonds is 4. The van der Waals surface area contributed by atoms with E-state index in [0.29, 0.717) is 12.6 Å². The van der Waals surface area contributed by atoms with Gasteiger partial charge in [0.05, 0.1) is 35.5 Å². The summed E-state index contributed by atoms with van der Waals surface area (Å²) in [6, 6.07) is 5.86. The molecule has 2 saturated heterocycles. The quantitative estimate of drug-likeness (QED) is 0.856. The van der Waals surface area contributed by atoms with E-state index in [2.05, 4.69) is 19.9 Å². The minimum absolute atomic E-state index is 0.229. The molecular weight excluding hydrogens is 315 g/mol. The Morgan fingerprint density at radius 1 is 1.26 bits per heavy atom. The molecule has 1 atom stereocenters. The first kappa shape index (κ1) is 14.8. The van der Waals surface area contributed by atoms with Crippen molar-refractivity contribution in [1.29, 1.82) is 0 Å². The zero-order valence-electron chi connectivity index (χ0n) is 12.6. The number of pyridine rings is 1. The summed E-state index contributed by atoms with van der Waals surface area (Å²) in [5.74, 6) is 1.21. The second-order valence-corrected chi connectivity index (χ2v) is 7.50. The lowest BCUT2D eigenvalue weighted by Gasteiger charge is -2.47. The lowest BCUT2D eigenvalue weighted by atomic mass is 9.93. The van der Waals surface area contributed by atoms with E-state index >= 15 is 0 Å². The van der Waals surface area contributed by atoms with Crippen molar-refractivity contribution in [3.8, 4) is 0 Å². The Labute approximate surface area is 138 Å². The van der Waals surface area contributed by atoms with Crippen molar-refractivity contribution in [2.24, 2.45) is 0 Å². The van der Waals surface area contributed by atoms with Crippen molar-refractivity contribution in [2.75, 3.05) is 23.7 Å². The van der Waals surface area contributed by atoms with Crippen molar-refractivity contribution in [1.82, 2.24) is 15.0 Å². The first-order valence-corrected chi connectivity index (χ1v) is 8.59. The molecular formula is C16H17FN4OS. The zero-order valence-corrected chi connectivity index (χ0v) is 13.4. The van der Waals surface area contributed by atoms with Gasteiger partial charge in [0.1, 0.15) is 0 Å². The maximum Gasteiger partial charge on any atom is 0.225 e. The van der Waals surface area contributed by atoms with E-state index in [4.69, 9.17) is 4.74 Å². The fraction of sp³-hybridized carbons (Fsp3) is 0.438. The predicted molar refractivity (Wildman–Crippen MR) is 86.8 cm³/mol. The molecule has 0 N–H and O–H groups in total. The van der Waals surface area contributed by atoms with E-state index in [9.17, 15) is 4.39 Å². The molecule has 1 spiro atoms. The van der Waals surface area contributed by atoms with E-state index in [1.807, 2.05) is 30.0 Å². The fourth-order valence-electron chi connectivity index (χ4n) is 3.08. The first-order chi connectivity index (χ1) is 11.2. The Morgan fingerprint density at radius 2 is 2.09 bits per heavy atom. The molecule has 0 unspecified atom stereocenters. The van der Waals surface area contributed by atoms with Crippen LogP contribution < -0.4 is 4.90 Å². The van der Waals surface area contributed by atoms with Gasteiger partial charge in [0.2, 0.25) is 5.95 Å². The van der Waals surface area contributed by atoms with Crippen LogP contribution in [0.4, 0.5) is 10.3 Å². The Hall–Kier alpha value is -1.73. The standard InChI is InChI=1S/C16H17FN4OS/c17-12-6-19-15(20-7-12)21-10-16(11-21)5-14(9-23-16)22-8-13-3-1-2-4-18-13/h1-4,6-7,14H,5,8-11H2/t14-/m0/s1. The van der Waals surface area contributed by atoms with Crippen molar-refractivity contribution in [2.45, 2.75) is 23.9 Å². The second-order valence-electron chi connectivity index (χ2n) is 6.01. The molecule has 2 aromatic heterocycles. The highest BCUT2D eigenvalue weighted by atomic mass is 32.2. The van der Waals surface area contributed by atoms with Crippen molar-refractivity contribution in [3.63, 3.8) is 0 Å². The summed E-state index contributed by atoms with van der Waals surface area (Å²) in [6.07, 6.45) is 5.51. The number of ether oxygens (including phenoxy) is 1. The highest BCUT2D eigenvalue weighted by Gasteiger charge is 2.50. The Balaban J connectivity index is 1.29. The molecule has 0 saturated carbocycles. The molecule has 0 radical (unpaired) electrons. The maximum absolute atomic E-state index is 12.9. The number of halogens is 1. The molecule has 0 amide bonds. The van der Waals surface area contributed by atoms with Crippen LogP contribution in [0.2, 0.25) is 0 Å². The Morgan fingerprint density at radius 3 is 2.83 bits per heavy atom. The van der Waals surface area contributed by atoms with Crippen LogP contribution in [0, 0.1) is 5.82 Å². The van der Waals surface area contributed by atoms with Crippen molar-refractivity contribution < 1.29 is 9.13 Å². The minimum atomic E-state index is -0.401. The lowest BCUT2D eigenvalue weighted by Crippen LogP contribution is -2.59. The number of anilines is 1. The van der Waals surface area contributed by atoms with Crippen LogP contribution in [0.15, 0.2) is 36.8 Å². The summed E-state index contributed by atoms with van der Waals surface area (Å²) in [5.41, 5.74) is 0.966. The largest absolute Gasteiger partial charge is 0.371 e. The average molecular weight is 332 g/mol. The van der Waals surface area contributed by atoms with Gasteiger partial charge >= 0.3 is 0 Å². The van der Waals surface area contributed by atoms with Crippen LogP contribution in [0.3, 0.4) is 0 Å². The molecule has 4 rings (SSSR count). The Bertz CT molecular complexity index is 664. The molecule has 4 heterocycles. The molecule has 0 aliphatic carbocycles. The smallest absolute Gasteiger partial charge is 0.225 e. The lowest BCUT2D eigenvalue weighted by molar-refractivity contribution is 0.0458. The summed E-state index contributed by atoms with van der Waals surface area (Å²) in [4.78, 5) is 14.5. The topological polar surface area (TPSA) is 51.1 Å². The molecule has 23 heavy (non-hydrogen) atoms. The first-order valence-electron chi connectivity index (χ1n) is 7.60. The molecule has 5 nitrogen and oxygen atoms in total. The molecule has 7 heteroatoms. The normalized spacial score (nSPS) is 22.3. The number of aromatic nitrogens is 3. The summed E-state index contributed by atoms with van der Waals surface area (Å²) >= 11 is 1.96. The molecule has 0 bridgehead atoms. The predicted octanol–water partition coefficient (Wildman–Crippen LogP) is 2.29. The third-order valence-corrected chi connectivity index (χ3v) is 5.79. The fourth-order valence-corrected chi connectivity index (χ4v) is 4.63. The molecule has 120 valence electrons. The van der Waals surface area contributed by atoms with Gasteiger partial charge in [-0.3, -0.25) is 4.98 Å². The number of nitrogens with zero attached hydrogens (tertiary/aromatic N) is 4. The summed E-state index contributed by atoms with van der Waals surface area (Å²) in [6.45, 7) is 2.35. The van der Waals surface area contributed by atoms with Gasteiger partial charge in [-0.25, -0.2) is 14.4 Å². The van der Waals surface area contributed by atoms with Crippen LogP contribution in [0.25, 0.3) is 0 Å². The molecule has 2 aliphatic heterocycles. The van der Waals surface area contributed by atoms with Crippen LogP contribution >= 0.6 is 11.8 Å². The maximum atomic E-state index is 12.9. The average Bonchev–Trinajstić information content (AvgIpc) is 2.98. The van der Waals surface area contributed by atoms with Gasteiger partial charge < -0.3 is 9.64 Å². The number of hydrogen-bond acceptors (Lipinski definition) is 6. The molecule has 2 aromatic rings. The third-order valence-electron chi connectivity index (χ3n) is 4.22. The number of thioether (sulfide) groups is 1. The monoisotopic (exact) mass is 332 g/mol. The van der Waals surface area contributed by atoms with Gasteiger partial charge in [-0.05, 0) is 18.6 Å². The highest BCUT2D eigenvalue weighted by Crippen LogP contribution is 2.46. The highest BCUT2D eigenvalue weighted by molar-refractivity contribution is 8.01. The second kappa shape index (κ2) is 6.05. The zero-order chi connectivity index (χ0) is 15.7. The van der Waals surface area contributed by atoms with Gasteiger partial charge in [-0.2, -0.15) is 0 Å². The van der Waals surface area contributed by atoms with Gasteiger partial charge in [0.25, 0.3) is 0 Å². The van der Waals surface area contributed by atoms with Crippen LogP contribution in [-0.4, -0.2) is 44.6 Å². The van der Waals surface area contributed by atoms with Crippen LogP contribution in [0.5, 0.6) is 0 Å². The van der Waals surface area contributed by atoms with Crippen molar-refractivity contribution in [3.05, 3.63) is 48.3 Å².